The third-order valence-corrected chi connectivity index (χ3v) is 4.31. The second-order valence-electron chi connectivity index (χ2n) is 5.69. The first kappa shape index (κ1) is 14.2. The van der Waals surface area contributed by atoms with Crippen molar-refractivity contribution in [2.24, 2.45) is 0 Å². The lowest BCUT2D eigenvalue weighted by Gasteiger charge is -2.27. The van der Waals surface area contributed by atoms with E-state index in [4.69, 9.17) is 0 Å². The van der Waals surface area contributed by atoms with Gasteiger partial charge in [0.1, 0.15) is 0 Å². The van der Waals surface area contributed by atoms with Crippen LogP contribution in [0, 0.1) is 0 Å². The molecule has 2 aliphatic heterocycles. The molecule has 21 heavy (non-hydrogen) atoms. The standard InChI is InChI=1S/C16H21N3O2/c1-2-18(10-12-6-5-9-17-12)11-19-15(20)13-7-3-4-8-14(13)16(19)21/h3-4,7-8,12,17H,2,5-6,9-11H2,1H3. The van der Waals surface area contributed by atoms with Gasteiger partial charge in [-0.15, -0.1) is 0 Å². The Balaban J connectivity index is 1.69. The second kappa shape index (κ2) is 5.95. The van der Waals surface area contributed by atoms with Crippen LogP contribution in [0.4, 0.5) is 0 Å². The zero-order valence-corrected chi connectivity index (χ0v) is 12.3. The van der Waals surface area contributed by atoms with E-state index in [2.05, 4.69) is 17.1 Å². The number of hydrogen-bond acceptors (Lipinski definition) is 4. The fraction of sp³-hybridized carbons (Fsp3) is 0.500. The van der Waals surface area contributed by atoms with Gasteiger partial charge < -0.3 is 5.32 Å². The average Bonchev–Trinajstić information content (AvgIpc) is 3.10. The molecule has 0 aliphatic carbocycles. The number of carbonyl (C=O) groups excluding carboxylic acids is 2. The predicted octanol–water partition coefficient (Wildman–Crippen LogP) is 1.31. The largest absolute Gasteiger partial charge is 0.313 e. The Morgan fingerprint density at radius 1 is 1.24 bits per heavy atom. The Bertz CT molecular complexity index is 517. The summed E-state index contributed by atoms with van der Waals surface area (Å²) in [5, 5.41) is 3.46. The Morgan fingerprint density at radius 2 is 1.90 bits per heavy atom. The van der Waals surface area contributed by atoms with E-state index in [0.717, 1.165) is 19.6 Å². The molecule has 112 valence electrons. The van der Waals surface area contributed by atoms with Gasteiger partial charge in [0.2, 0.25) is 0 Å². The number of imide groups is 1. The van der Waals surface area contributed by atoms with E-state index in [9.17, 15) is 9.59 Å². The first-order valence-electron chi connectivity index (χ1n) is 7.61. The topological polar surface area (TPSA) is 52.6 Å². The number of likely N-dealkylation sites (N-methyl/N-ethyl adjacent to an activating group) is 1. The number of hydrogen-bond donors (Lipinski definition) is 1. The molecule has 1 fully saturated rings. The van der Waals surface area contributed by atoms with E-state index in [1.165, 1.54) is 17.7 Å². The van der Waals surface area contributed by atoms with Crippen molar-refractivity contribution in [1.82, 2.24) is 15.1 Å². The van der Waals surface area contributed by atoms with Gasteiger partial charge in [0, 0.05) is 12.6 Å². The minimum Gasteiger partial charge on any atom is -0.313 e. The van der Waals surface area contributed by atoms with Crippen molar-refractivity contribution in [3.05, 3.63) is 35.4 Å². The van der Waals surface area contributed by atoms with E-state index < -0.39 is 0 Å². The molecule has 0 aromatic heterocycles. The zero-order valence-electron chi connectivity index (χ0n) is 12.3. The molecule has 1 aromatic carbocycles. The Hall–Kier alpha value is -1.72. The van der Waals surface area contributed by atoms with Crippen LogP contribution in [0.3, 0.4) is 0 Å². The molecule has 1 aromatic rings. The first-order valence-corrected chi connectivity index (χ1v) is 7.61. The molecule has 5 heteroatoms. The molecule has 0 saturated carbocycles. The molecule has 2 amide bonds. The predicted molar refractivity (Wildman–Crippen MR) is 80.1 cm³/mol. The van der Waals surface area contributed by atoms with Crippen molar-refractivity contribution >= 4 is 11.8 Å². The van der Waals surface area contributed by atoms with Crippen LogP contribution < -0.4 is 5.32 Å². The van der Waals surface area contributed by atoms with Crippen LogP contribution in [0.1, 0.15) is 40.5 Å². The van der Waals surface area contributed by atoms with Crippen LogP contribution in [-0.2, 0) is 0 Å². The molecular weight excluding hydrogens is 266 g/mol. The van der Waals surface area contributed by atoms with Crippen molar-refractivity contribution in [3.63, 3.8) is 0 Å². The monoisotopic (exact) mass is 287 g/mol. The van der Waals surface area contributed by atoms with Gasteiger partial charge in [-0.1, -0.05) is 19.1 Å². The highest BCUT2D eigenvalue weighted by molar-refractivity contribution is 6.21. The molecule has 1 saturated heterocycles. The van der Waals surface area contributed by atoms with Crippen molar-refractivity contribution in [1.29, 1.82) is 0 Å². The molecule has 2 aliphatic rings. The lowest BCUT2D eigenvalue weighted by atomic mass is 10.1. The summed E-state index contributed by atoms with van der Waals surface area (Å²) in [4.78, 5) is 28.2. The summed E-state index contributed by atoms with van der Waals surface area (Å²) in [5.41, 5.74) is 1.05. The van der Waals surface area contributed by atoms with Crippen LogP contribution in [0.15, 0.2) is 24.3 Å². The van der Waals surface area contributed by atoms with Crippen molar-refractivity contribution < 1.29 is 9.59 Å². The summed E-state index contributed by atoms with van der Waals surface area (Å²) >= 11 is 0. The van der Waals surface area contributed by atoms with Gasteiger partial charge in [-0.05, 0) is 38.1 Å². The average molecular weight is 287 g/mol. The fourth-order valence-electron chi connectivity index (χ4n) is 3.08. The molecule has 1 atom stereocenters. The molecule has 0 bridgehead atoms. The van der Waals surface area contributed by atoms with Crippen LogP contribution in [0.25, 0.3) is 0 Å². The Kier molecular flexibility index (Phi) is 4.03. The van der Waals surface area contributed by atoms with E-state index >= 15 is 0 Å². The van der Waals surface area contributed by atoms with Crippen LogP contribution in [-0.4, -0.2) is 54.0 Å². The Morgan fingerprint density at radius 3 is 2.43 bits per heavy atom. The van der Waals surface area contributed by atoms with Gasteiger partial charge >= 0.3 is 0 Å². The van der Waals surface area contributed by atoms with Crippen molar-refractivity contribution in [2.75, 3.05) is 26.3 Å². The number of fused-ring (bicyclic) bond motifs is 1. The van der Waals surface area contributed by atoms with Crippen molar-refractivity contribution in [3.8, 4) is 0 Å². The summed E-state index contributed by atoms with van der Waals surface area (Å²) in [6.07, 6.45) is 2.37. The number of nitrogens with zero attached hydrogens (tertiary/aromatic N) is 2. The maximum Gasteiger partial charge on any atom is 0.262 e. The van der Waals surface area contributed by atoms with Gasteiger partial charge in [-0.2, -0.15) is 0 Å². The number of carbonyl (C=O) groups is 2. The quantitative estimate of drug-likeness (QED) is 0.830. The molecule has 1 N–H and O–H groups in total. The zero-order chi connectivity index (χ0) is 14.8. The summed E-state index contributed by atoms with van der Waals surface area (Å²) < 4.78 is 0. The van der Waals surface area contributed by atoms with E-state index in [0.29, 0.717) is 23.8 Å². The summed E-state index contributed by atoms with van der Waals surface area (Å²) in [6.45, 7) is 5.21. The fourth-order valence-corrected chi connectivity index (χ4v) is 3.08. The van der Waals surface area contributed by atoms with E-state index in [1.54, 1.807) is 24.3 Å². The van der Waals surface area contributed by atoms with Gasteiger partial charge in [0.25, 0.3) is 11.8 Å². The first-order chi connectivity index (χ1) is 10.2. The van der Waals surface area contributed by atoms with Crippen molar-refractivity contribution in [2.45, 2.75) is 25.8 Å². The molecule has 0 radical (unpaired) electrons. The van der Waals surface area contributed by atoms with E-state index in [-0.39, 0.29) is 11.8 Å². The van der Waals surface area contributed by atoms with E-state index in [1.807, 2.05) is 0 Å². The van der Waals surface area contributed by atoms with Gasteiger partial charge in [-0.3, -0.25) is 19.4 Å². The lowest BCUT2D eigenvalue weighted by Crippen LogP contribution is -2.45. The second-order valence-corrected chi connectivity index (χ2v) is 5.69. The number of amides is 2. The van der Waals surface area contributed by atoms with Crippen LogP contribution in [0.2, 0.25) is 0 Å². The van der Waals surface area contributed by atoms with Gasteiger partial charge in [0.05, 0.1) is 17.8 Å². The minimum atomic E-state index is -0.173. The molecule has 5 nitrogen and oxygen atoms in total. The minimum absolute atomic E-state index is 0.173. The van der Waals surface area contributed by atoms with Crippen LogP contribution in [0.5, 0.6) is 0 Å². The highest BCUT2D eigenvalue weighted by Crippen LogP contribution is 2.22. The molecule has 3 rings (SSSR count). The summed E-state index contributed by atoms with van der Waals surface area (Å²) in [5.74, 6) is -0.345. The maximum atomic E-state index is 12.4. The summed E-state index contributed by atoms with van der Waals surface area (Å²) in [7, 11) is 0. The number of nitrogens with one attached hydrogen (secondary N) is 1. The lowest BCUT2D eigenvalue weighted by molar-refractivity contribution is 0.0538. The van der Waals surface area contributed by atoms with Gasteiger partial charge in [0.15, 0.2) is 0 Å². The number of rotatable bonds is 5. The Labute approximate surface area is 124 Å². The normalized spacial score (nSPS) is 21.4. The molecule has 2 heterocycles. The van der Waals surface area contributed by atoms with Gasteiger partial charge in [-0.25, -0.2) is 0 Å². The third-order valence-electron chi connectivity index (χ3n) is 4.31. The molecule has 1 unspecified atom stereocenters. The number of benzene rings is 1. The van der Waals surface area contributed by atoms with Crippen LogP contribution >= 0.6 is 0 Å². The molecular formula is C16H21N3O2. The highest BCUT2D eigenvalue weighted by Gasteiger charge is 2.36. The summed E-state index contributed by atoms with van der Waals surface area (Å²) in [6, 6.07) is 7.52. The third kappa shape index (κ3) is 2.71. The maximum absolute atomic E-state index is 12.4. The SMILES string of the molecule is CCN(CC1CCCN1)CN1C(=O)c2ccccc2C1=O. The molecule has 0 spiro atoms. The highest BCUT2D eigenvalue weighted by atomic mass is 16.2. The smallest absolute Gasteiger partial charge is 0.262 e.